The van der Waals surface area contributed by atoms with Gasteiger partial charge in [-0.25, -0.2) is 0 Å². The van der Waals surface area contributed by atoms with Gasteiger partial charge >= 0.3 is 0 Å². The molecule has 0 radical (unpaired) electrons. The maximum absolute atomic E-state index is 3.48. The average molecular weight is 310 g/mol. The molecule has 0 amide bonds. The monoisotopic (exact) mass is 309 g/mol. The lowest BCUT2D eigenvalue weighted by Gasteiger charge is -2.06. The average Bonchev–Trinajstić information content (AvgIpc) is 2.63. The Morgan fingerprint density at radius 3 is 2.35 bits per heavy atom. The molecule has 0 atom stereocenters. The zero-order chi connectivity index (χ0) is 12.3. The summed E-state index contributed by atoms with van der Waals surface area (Å²) in [5.41, 5.74) is 4.03. The Balaban J connectivity index is 1.89. The number of nitrogens with one attached hydrogen (secondary N) is 1. The van der Waals surface area contributed by atoms with Crippen molar-refractivity contribution in [1.82, 2.24) is 5.32 Å². The molecule has 0 fully saturated rings. The second-order valence-corrected chi connectivity index (χ2v) is 6.24. The van der Waals surface area contributed by atoms with Crippen LogP contribution < -0.4 is 5.32 Å². The highest BCUT2D eigenvalue weighted by Crippen LogP contribution is 2.19. The van der Waals surface area contributed by atoms with Crippen LogP contribution in [0.3, 0.4) is 0 Å². The summed E-state index contributed by atoms with van der Waals surface area (Å²) in [6, 6.07) is 8.85. The zero-order valence-electron chi connectivity index (χ0n) is 10.1. The van der Waals surface area contributed by atoms with E-state index in [1.165, 1.54) is 26.0 Å². The van der Waals surface area contributed by atoms with Crippen LogP contribution in [0.5, 0.6) is 0 Å². The van der Waals surface area contributed by atoms with Crippen molar-refractivity contribution in [3.63, 3.8) is 0 Å². The van der Waals surface area contributed by atoms with Crippen molar-refractivity contribution >= 4 is 27.3 Å². The van der Waals surface area contributed by atoms with Crippen molar-refractivity contribution in [2.24, 2.45) is 0 Å². The summed E-state index contributed by atoms with van der Waals surface area (Å²) < 4.78 is 1.17. The Morgan fingerprint density at radius 2 is 1.76 bits per heavy atom. The van der Waals surface area contributed by atoms with Gasteiger partial charge in [-0.15, -0.1) is 11.3 Å². The molecule has 0 spiro atoms. The smallest absolute Gasteiger partial charge is 0.0303 e. The van der Waals surface area contributed by atoms with Gasteiger partial charge in [-0.3, -0.25) is 0 Å². The minimum atomic E-state index is 0.929. The zero-order valence-corrected chi connectivity index (χ0v) is 12.5. The number of benzene rings is 1. The van der Waals surface area contributed by atoms with Gasteiger partial charge in [-0.1, -0.05) is 29.3 Å². The highest BCUT2D eigenvalue weighted by atomic mass is 79.9. The fourth-order valence-electron chi connectivity index (χ4n) is 1.95. The molecule has 2 aromatic rings. The highest BCUT2D eigenvalue weighted by molar-refractivity contribution is 9.10. The fourth-order valence-corrected chi connectivity index (χ4v) is 3.37. The van der Waals surface area contributed by atoms with Crippen molar-refractivity contribution < 1.29 is 0 Å². The molecule has 0 saturated carbocycles. The van der Waals surface area contributed by atoms with Gasteiger partial charge in [0, 0.05) is 27.8 Å². The summed E-state index contributed by atoms with van der Waals surface area (Å²) in [5.74, 6) is 0. The molecule has 3 heteroatoms. The van der Waals surface area contributed by atoms with Crippen molar-refractivity contribution in [1.29, 1.82) is 0 Å². The van der Waals surface area contributed by atoms with E-state index >= 15 is 0 Å². The van der Waals surface area contributed by atoms with Crippen molar-refractivity contribution in [2.45, 2.75) is 26.9 Å². The molecule has 90 valence electrons. The summed E-state index contributed by atoms with van der Waals surface area (Å²) in [7, 11) is 0. The lowest BCUT2D eigenvalue weighted by Crippen LogP contribution is -2.11. The number of aryl methyl sites for hydroxylation is 2. The van der Waals surface area contributed by atoms with E-state index in [1.54, 1.807) is 11.3 Å². The van der Waals surface area contributed by atoms with Gasteiger partial charge in [-0.05, 0) is 41.4 Å². The standard InChI is InChI=1S/C14H16BrNS/c1-10-3-11(2)5-12(4-10)7-16-8-14-6-13(15)9-17-14/h3-6,9,16H,7-8H2,1-2H3. The Bertz CT molecular complexity index is 484. The molecule has 17 heavy (non-hydrogen) atoms. The third kappa shape index (κ3) is 3.95. The quantitative estimate of drug-likeness (QED) is 0.881. The number of thiophene rings is 1. The lowest BCUT2D eigenvalue weighted by atomic mass is 10.1. The molecule has 0 saturated heterocycles. The SMILES string of the molecule is Cc1cc(C)cc(CNCc2cc(Br)cs2)c1. The van der Waals surface area contributed by atoms with E-state index < -0.39 is 0 Å². The Hall–Kier alpha value is -0.640. The summed E-state index contributed by atoms with van der Waals surface area (Å²) in [4.78, 5) is 1.36. The summed E-state index contributed by atoms with van der Waals surface area (Å²) in [6.45, 7) is 6.15. The Morgan fingerprint density at radius 1 is 1.06 bits per heavy atom. The van der Waals surface area contributed by atoms with E-state index in [4.69, 9.17) is 0 Å². The maximum atomic E-state index is 3.48. The van der Waals surface area contributed by atoms with Crippen LogP contribution in [0.15, 0.2) is 34.1 Å². The second kappa shape index (κ2) is 5.80. The molecular weight excluding hydrogens is 294 g/mol. The van der Waals surface area contributed by atoms with E-state index in [2.05, 4.69) is 64.7 Å². The topological polar surface area (TPSA) is 12.0 Å². The van der Waals surface area contributed by atoms with Gasteiger partial charge < -0.3 is 5.32 Å². The first-order chi connectivity index (χ1) is 8.13. The third-order valence-electron chi connectivity index (χ3n) is 2.53. The normalized spacial score (nSPS) is 10.8. The molecule has 0 aliphatic carbocycles. The third-order valence-corrected chi connectivity index (χ3v) is 4.23. The number of hydrogen-bond donors (Lipinski definition) is 1. The van der Waals surface area contributed by atoms with E-state index in [1.807, 2.05) is 0 Å². The van der Waals surface area contributed by atoms with Gasteiger partial charge in [0.05, 0.1) is 0 Å². The minimum Gasteiger partial charge on any atom is -0.308 e. The van der Waals surface area contributed by atoms with Gasteiger partial charge in [0.2, 0.25) is 0 Å². The molecule has 0 aliphatic rings. The van der Waals surface area contributed by atoms with Crippen LogP contribution in [0, 0.1) is 13.8 Å². The van der Waals surface area contributed by atoms with E-state index in [0.717, 1.165) is 13.1 Å². The van der Waals surface area contributed by atoms with Crippen LogP contribution in [0.4, 0.5) is 0 Å². The minimum absolute atomic E-state index is 0.929. The van der Waals surface area contributed by atoms with Gasteiger partial charge in [-0.2, -0.15) is 0 Å². The van der Waals surface area contributed by atoms with Crippen LogP contribution in [-0.2, 0) is 13.1 Å². The molecule has 1 nitrogen and oxygen atoms in total. The van der Waals surface area contributed by atoms with E-state index in [9.17, 15) is 0 Å². The first-order valence-electron chi connectivity index (χ1n) is 5.64. The molecular formula is C14H16BrNS. The number of rotatable bonds is 4. The van der Waals surface area contributed by atoms with Gasteiger partial charge in [0.15, 0.2) is 0 Å². The fraction of sp³-hybridized carbons (Fsp3) is 0.286. The molecule has 1 N–H and O–H groups in total. The van der Waals surface area contributed by atoms with Crippen molar-refractivity contribution in [2.75, 3.05) is 0 Å². The number of hydrogen-bond acceptors (Lipinski definition) is 2. The van der Waals surface area contributed by atoms with E-state index in [-0.39, 0.29) is 0 Å². The molecule has 0 aliphatic heterocycles. The Labute approximate surface area is 115 Å². The Kier molecular flexibility index (Phi) is 4.37. The van der Waals surface area contributed by atoms with Crippen LogP contribution in [-0.4, -0.2) is 0 Å². The summed E-state index contributed by atoms with van der Waals surface area (Å²) in [5, 5.41) is 5.59. The summed E-state index contributed by atoms with van der Waals surface area (Å²) in [6.07, 6.45) is 0. The van der Waals surface area contributed by atoms with Crippen LogP contribution in [0.1, 0.15) is 21.6 Å². The van der Waals surface area contributed by atoms with E-state index in [0.29, 0.717) is 0 Å². The maximum Gasteiger partial charge on any atom is 0.0303 e. The second-order valence-electron chi connectivity index (χ2n) is 4.33. The van der Waals surface area contributed by atoms with Crippen LogP contribution >= 0.6 is 27.3 Å². The number of halogens is 1. The first kappa shape index (κ1) is 12.8. The van der Waals surface area contributed by atoms with Crippen molar-refractivity contribution in [3.05, 3.63) is 55.7 Å². The van der Waals surface area contributed by atoms with Gasteiger partial charge in [0.25, 0.3) is 0 Å². The molecule has 0 bridgehead atoms. The molecule has 1 aromatic heterocycles. The predicted molar refractivity (Wildman–Crippen MR) is 78.5 cm³/mol. The molecule has 1 heterocycles. The predicted octanol–water partition coefficient (Wildman–Crippen LogP) is 4.42. The van der Waals surface area contributed by atoms with Crippen molar-refractivity contribution in [3.8, 4) is 0 Å². The van der Waals surface area contributed by atoms with Gasteiger partial charge in [0.1, 0.15) is 0 Å². The molecule has 2 rings (SSSR count). The lowest BCUT2D eigenvalue weighted by molar-refractivity contribution is 0.700. The molecule has 1 aromatic carbocycles. The molecule has 0 unspecified atom stereocenters. The van der Waals surface area contributed by atoms with Crippen LogP contribution in [0.2, 0.25) is 0 Å². The largest absolute Gasteiger partial charge is 0.308 e. The summed E-state index contributed by atoms with van der Waals surface area (Å²) >= 11 is 5.25. The highest BCUT2D eigenvalue weighted by Gasteiger charge is 1.99. The first-order valence-corrected chi connectivity index (χ1v) is 7.31. The van der Waals surface area contributed by atoms with Crippen LogP contribution in [0.25, 0.3) is 0 Å².